The van der Waals surface area contributed by atoms with Gasteiger partial charge in [-0.2, -0.15) is 0 Å². The topological polar surface area (TPSA) is 110 Å². The number of carbonyl (C=O) groups excluding carboxylic acids is 1. The fourth-order valence-corrected chi connectivity index (χ4v) is 2.87. The second-order valence-electron chi connectivity index (χ2n) is 6.27. The molecule has 0 radical (unpaired) electrons. The smallest absolute Gasteiger partial charge is 0.273 e. The molecule has 2 N–H and O–H groups in total. The van der Waals surface area contributed by atoms with Gasteiger partial charge in [0.2, 0.25) is 0 Å². The van der Waals surface area contributed by atoms with Crippen LogP contribution >= 0.6 is 0 Å². The number of nitrogens with one attached hydrogen (secondary N) is 2. The lowest BCUT2D eigenvalue weighted by Gasteiger charge is -2.08. The normalized spacial score (nSPS) is 10.6. The molecular formula is C21H16N4O4. The summed E-state index contributed by atoms with van der Waals surface area (Å²) >= 11 is 0. The van der Waals surface area contributed by atoms with Crippen molar-refractivity contribution >= 4 is 28.3 Å². The summed E-state index contributed by atoms with van der Waals surface area (Å²) in [5.74, 6) is 0.582. The Hall–Kier alpha value is -4.20. The number of fused-ring (bicyclic) bond motifs is 1. The molecule has 0 aliphatic heterocycles. The van der Waals surface area contributed by atoms with Gasteiger partial charge in [0.15, 0.2) is 6.61 Å². The van der Waals surface area contributed by atoms with Crippen LogP contribution in [0.3, 0.4) is 0 Å². The van der Waals surface area contributed by atoms with Crippen LogP contribution in [0.1, 0.15) is 0 Å². The summed E-state index contributed by atoms with van der Waals surface area (Å²) in [4.78, 5) is 30.3. The highest BCUT2D eigenvalue weighted by Gasteiger charge is 2.10. The lowest BCUT2D eigenvalue weighted by atomic mass is 10.2. The largest absolute Gasteiger partial charge is 0.484 e. The molecule has 0 spiro atoms. The van der Waals surface area contributed by atoms with Crippen LogP contribution in [0.4, 0.5) is 11.4 Å². The number of hydrogen-bond acceptors (Lipinski definition) is 5. The molecule has 29 heavy (non-hydrogen) atoms. The van der Waals surface area contributed by atoms with E-state index in [1.165, 1.54) is 18.2 Å². The van der Waals surface area contributed by atoms with Crippen molar-refractivity contribution in [2.24, 2.45) is 0 Å². The Morgan fingerprint density at radius 1 is 1.07 bits per heavy atom. The standard InChI is InChI=1S/C21H16N4O4/c26-20(13-29-17-8-4-7-16(12-17)25(27)28)22-15-6-3-5-14(11-15)21-23-18-9-1-2-10-19(18)24-21/h1-12H,13H2,(H,22,26)(H,23,24). The van der Waals surface area contributed by atoms with Crippen LogP contribution in [-0.4, -0.2) is 27.4 Å². The van der Waals surface area contributed by atoms with Crippen LogP contribution < -0.4 is 10.1 Å². The third-order valence-electron chi connectivity index (χ3n) is 4.21. The Bertz CT molecular complexity index is 1170. The third kappa shape index (κ3) is 4.22. The lowest BCUT2D eigenvalue weighted by molar-refractivity contribution is -0.384. The average Bonchev–Trinajstić information content (AvgIpc) is 3.17. The van der Waals surface area contributed by atoms with Crippen LogP contribution in [0.15, 0.2) is 72.8 Å². The number of non-ortho nitro benzene ring substituents is 1. The number of nitrogens with zero attached hydrogens (tertiary/aromatic N) is 2. The molecule has 3 aromatic carbocycles. The van der Waals surface area contributed by atoms with E-state index in [0.717, 1.165) is 16.6 Å². The predicted molar refractivity (Wildman–Crippen MR) is 109 cm³/mol. The molecule has 4 rings (SSSR count). The molecule has 1 heterocycles. The zero-order valence-corrected chi connectivity index (χ0v) is 15.2. The van der Waals surface area contributed by atoms with Crippen LogP contribution in [-0.2, 0) is 4.79 Å². The number of benzene rings is 3. The van der Waals surface area contributed by atoms with E-state index in [4.69, 9.17) is 4.74 Å². The van der Waals surface area contributed by atoms with Gasteiger partial charge in [0.1, 0.15) is 11.6 Å². The van der Waals surface area contributed by atoms with Crippen molar-refractivity contribution in [3.63, 3.8) is 0 Å². The number of amides is 1. The molecule has 1 aromatic heterocycles. The van der Waals surface area contributed by atoms with Crippen LogP contribution in [0, 0.1) is 10.1 Å². The molecule has 0 aliphatic rings. The van der Waals surface area contributed by atoms with E-state index in [-0.39, 0.29) is 24.0 Å². The van der Waals surface area contributed by atoms with Gasteiger partial charge in [-0.1, -0.05) is 30.3 Å². The maximum Gasteiger partial charge on any atom is 0.273 e. The minimum atomic E-state index is -0.517. The minimum absolute atomic E-state index is 0.0959. The summed E-state index contributed by atoms with van der Waals surface area (Å²) < 4.78 is 5.35. The Labute approximate surface area is 165 Å². The number of imidazole rings is 1. The van der Waals surface area contributed by atoms with E-state index < -0.39 is 4.92 Å². The summed E-state index contributed by atoms with van der Waals surface area (Å²) in [7, 11) is 0. The van der Waals surface area contributed by atoms with Gasteiger partial charge in [-0.05, 0) is 30.3 Å². The minimum Gasteiger partial charge on any atom is -0.484 e. The molecule has 0 fully saturated rings. The van der Waals surface area contributed by atoms with Crippen molar-refractivity contribution in [1.82, 2.24) is 9.97 Å². The number of para-hydroxylation sites is 2. The maximum atomic E-state index is 12.2. The van der Waals surface area contributed by atoms with E-state index in [1.807, 2.05) is 42.5 Å². The zero-order valence-electron chi connectivity index (χ0n) is 15.2. The monoisotopic (exact) mass is 388 g/mol. The molecule has 8 heteroatoms. The van der Waals surface area contributed by atoms with Gasteiger partial charge in [0.25, 0.3) is 11.6 Å². The van der Waals surface area contributed by atoms with E-state index >= 15 is 0 Å². The fraction of sp³-hybridized carbons (Fsp3) is 0.0476. The first-order valence-corrected chi connectivity index (χ1v) is 8.81. The second kappa shape index (κ2) is 7.81. The number of hydrogen-bond donors (Lipinski definition) is 2. The van der Waals surface area contributed by atoms with Crippen molar-refractivity contribution in [2.45, 2.75) is 0 Å². The SMILES string of the molecule is O=C(COc1cccc([N+](=O)[O-])c1)Nc1cccc(-c2nc3ccccc3[nH]2)c1. The highest BCUT2D eigenvalue weighted by atomic mass is 16.6. The molecule has 1 amide bonds. The number of ether oxygens (including phenoxy) is 1. The van der Waals surface area contributed by atoms with Gasteiger partial charge in [0, 0.05) is 17.3 Å². The number of anilines is 1. The molecule has 0 bridgehead atoms. The van der Waals surface area contributed by atoms with Crippen molar-refractivity contribution in [1.29, 1.82) is 0 Å². The molecular weight excluding hydrogens is 372 g/mol. The summed E-state index contributed by atoms with van der Waals surface area (Å²) in [6, 6.07) is 20.7. The number of aromatic nitrogens is 2. The molecule has 0 saturated heterocycles. The molecule has 8 nitrogen and oxygen atoms in total. The van der Waals surface area contributed by atoms with Gasteiger partial charge >= 0.3 is 0 Å². The maximum absolute atomic E-state index is 12.2. The van der Waals surface area contributed by atoms with Crippen LogP contribution in [0.2, 0.25) is 0 Å². The third-order valence-corrected chi connectivity index (χ3v) is 4.21. The molecule has 0 atom stereocenters. The van der Waals surface area contributed by atoms with Crippen molar-refractivity contribution < 1.29 is 14.5 Å². The Morgan fingerprint density at radius 2 is 1.90 bits per heavy atom. The average molecular weight is 388 g/mol. The number of nitro groups is 1. The molecule has 0 aliphatic carbocycles. The van der Waals surface area contributed by atoms with Crippen molar-refractivity contribution in [3.05, 3.63) is 82.9 Å². The van der Waals surface area contributed by atoms with Gasteiger partial charge in [0.05, 0.1) is 22.0 Å². The van der Waals surface area contributed by atoms with Crippen LogP contribution in [0.25, 0.3) is 22.4 Å². The molecule has 144 valence electrons. The van der Waals surface area contributed by atoms with E-state index in [2.05, 4.69) is 15.3 Å². The Balaban J connectivity index is 1.43. The highest BCUT2D eigenvalue weighted by molar-refractivity contribution is 5.92. The van der Waals surface area contributed by atoms with Gasteiger partial charge in [-0.25, -0.2) is 4.98 Å². The van der Waals surface area contributed by atoms with Gasteiger partial charge in [-0.15, -0.1) is 0 Å². The summed E-state index contributed by atoms with van der Waals surface area (Å²) in [5.41, 5.74) is 3.13. The highest BCUT2D eigenvalue weighted by Crippen LogP contribution is 2.23. The number of aromatic amines is 1. The first kappa shape index (κ1) is 18.2. The Kier molecular flexibility index (Phi) is 4.90. The second-order valence-corrected chi connectivity index (χ2v) is 6.27. The molecule has 4 aromatic rings. The number of carbonyl (C=O) groups is 1. The Morgan fingerprint density at radius 3 is 2.72 bits per heavy atom. The fourth-order valence-electron chi connectivity index (χ4n) is 2.87. The lowest BCUT2D eigenvalue weighted by Crippen LogP contribution is -2.20. The number of rotatable bonds is 6. The summed E-state index contributed by atoms with van der Waals surface area (Å²) in [6.07, 6.45) is 0. The first-order valence-electron chi connectivity index (χ1n) is 8.81. The van der Waals surface area contributed by atoms with Gasteiger partial charge in [-0.3, -0.25) is 14.9 Å². The number of nitro benzene ring substituents is 1. The van der Waals surface area contributed by atoms with Crippen molar-refractivity contribution in [3.8, 4) is 17.1 Å². The predicted octanol–water partition coefficient (Wildman–Crippen LogP) is 4.16. The van der Waals surface area contributed by atoms with Crippen LogP contribution in [0.5, 0.6) is 5.75 Å². The quantitative estimate of drug-likeness (QED) is 0.381. The summed E-state index contributed by atoms with van der Waals surface area (Å²) in [6.45, 7) is -0.268. The molecule has 0 unspecified atom stereocenters. The van der Waals surface area contributed by atoms with E-state index in [0.29, 0.717) is 11.5 Å². The van der Waals surface area contributed by atoms with E-state index in [9.17, 15) is 14.9 Å². The van der Waals surface area contributed by atoms with E-state index in [1.54, 1.807) is 12.1 Å². The zero-order chi connectivity index (χ0) is 20.2. The van der Waals surface area contributed by atoms with Gasteiger partial charge < -0.3 is 15.0 Å². The first-order chi connectivity index (χ1) is 14.1. The van der Waals surface area contributed by atoms with Crippen molar-refractivity contribution in [2.75, 3.05) is 11.9 Å². The number of H-pyrrole nitrogens is 1. The summed E-state index contributed by atoms with van der Waals surface area (Å²) in [5, 5.41) is 13.6. The molecule has 0 saturated carbocycles.